The van der Waals surface area contributed by atoms with Crippen molar-refractivity contribution < 1.29 is 30.3 Å². The molecule has 0 amide bonds. The predicted molar refractivity (Wildman–Crippen MR) is 154 cm³/mol. The van der Waals surface area contributed by atoms with Crippen molar-refractivity contribution in [3.8, 4) is 0 Å². The number of rotatable bonds is 13. The van der Waals surface area contributed by atoms with Gasteiger partial charge in [0.2, 0.25) is 0 Å². The first kappa shape index (κ1) is 29.3. The van der Waals surface area contributed by atoms with E-state index in [1.54, 1.807) is 115 Å². The van der Waals surface area contributed by atoms with Gasteiger partial charge in [0, 0.05) is 25.7 Å². The van der Waals surface area contributed by atoms with Crippen LogP contribution in [0.15, 0.2) is 121 Å². The number of hydrogen-bond acceptors (Lipinski definition) is 6. The van der Waals surface area contributed by atoms with Crippen LogP contribution < -0.4 is 0 Å². The standard InChI is InChI=1S/C34H36O6/c35-25-31(37)33(39,23-28-17-9-3-10-18-28)34(40,24-29-19-11-4-12-20-29)32(38,22-27-15-7-2-8-16-27)30(36)21-26-13-5-1-6-14-26/h1-20,31,35,37-40H,21-25H2/t31-,32+,33-,34-/m0/s1. The molecule has 0 aliphatic heterocycles. The fourth-order valence-electron chi connectivity index (χ4n) is 5.44. The molecule has 40 heavy (non-hydrogen) atoms. The van der Waals surface area contributed by atoms with Crippen molar-refractivity contribution in [2.24, 2.45) is 0 Å². The molecule has 0 saturated carbocycles. The van der Waals surface area contributed by atoms with E-state index in [2.05, 4.69) is 0 Å². The summed E-state index contributed by atoms with van der Waals surface area (Å²) >= 11 is 0. The van der Waals surface area contributed by atoms with E-state index in [-0.39, 0.29) is 25.7 Å². The third-order valence-corrected chi connectivity index (χ3v) is 7.72. The third-order valence-electron chi connectivity index (χ3n) is 7.72. The van der Waals surface area contributed by atoms with E-state index in [0.29, 0.717) is 22.3 Å². The number of carbonyl (C=O) groups is 1. The van der Waals surface area contributed by atoms with Crippen molar-refractivity contribution in [1.82, 2.24) is 0 Å². The van der Waals surface area contributed by atoms with Crippen LogP contribution in [0.5, 0.6) is 0 Å². The van der Waals surface area contributed by atoms with E-state index >= 15 is 0 Å². The first-order valence-corrected chi connectivity index (χ1v) is 13.4. The molecular weight excluding hydrogens is 504 g/mol. The fraction of sp³-hybridized carbons (Fsp3) is 0.265. The molecule has 4 aromatic rings. The molecule has 4 rings (SSSR count). The first-order valence-electron chi connectivity index (χ1n) is 13.4. The van der Waals surface area contributed by atoms with Gasteiger partial charge in [0.25, 0.3) is 0 Å². The highest BCUT2D eigenvalue weighted by Crippen LogP contribution is 2.43. The van der Waals surface area contributed by atoms with Crippen LogP contribution in [-0.4, -0.2) is 60.8 Å². The second kappa shape index (κ2) is 12.7. The van der Waals surface area contributed by atoms with E-state index in [4.69, 9.17) is 0 Å². The summed E-state index contributed by atoms with van der Waals surface area (Å²) in [5, 5.41) is 59.0. The van der Waals surface area contributed by atoms with Crippen molar-refractivity contribution >= 4 is 5.78 Å². The molecule has 4 aromatic carbocycles. The summed E-state index contributed by atoms with van der Waals surface area (Å²) in [7, 11) is 0. The van der Waals surface area contributed by atoms with Gasteiger partial charge in [-0.3, -0.25) is 4.79 Å². The maximum absolute atomic E-state index is 14.2. The van der Waals surface area contributed by atoms with Gasteiger partial charge in [0.15, 0.2) is 11.4 Å². The monoisotopic (exact) mass is 540 g/mol. The maximum atomic E-state index is 14.2. The second-order valence-corrected chi connectivity index (χ2v) is 10.4. The van der Waals surface area contributed by atoms with Crippen molar-refractivity contribution in [2.75, 3.05) is 6.61 Å². The summed E-state index contributed by atoms with van der Waals surface area (Å²) < 4.78 is 0. The van der Waals surface area contributed by atoms with E-state index < -0.39 is 35.3 Å². The number of Topliss-reactive ketones (excluding diaryl/α,β-unsaturated/α-hetero) is 1. The molecule has 0 saturated heterocycles. The summed E-state index contributed by atoms with van der Waals surface area (Å²) in [4.78, 5) is 14.2. The van der Waals surface area contributed by atoms with E-state index in [1.807, 2.05) is 6.07 Å². The van der Waals surface area contributed by atoms with Crippen LogP contribution in [0.4, 0.5) is 0 Å². The molecule has 0 fully saturated rings. The molecule has 0 bridgehead atoms. The largest absolute Gasteiger partial charge is 0.394 e. The minimum Gasteiger partial charge on any atom is -0.394 e. The number of aliphatic hydroxyl groups is 5. The van der Waals surface area contributed by atoms with Crippen LogP contribution in [0.1, 0.15) is 22.3 Å². The number of benzene rings is 4. The molecule has 0 aromatic heterocycles. The average molecular weight is 541 g/mol. The topological polar surface area (TPSA) is 118 Å². The van der Waals surface area contributed by atoms with Gasteiger partial charge in [0.1, 0.15) is 17.3 Å². The minimum atomic E-state index is -2.65. The molecule has 0 spiro atoms. The van der Waals surface area contributed by atoms with Crippen LogP contribution in [0.25, 0.3) is 0 Å². The number of aliphatic hydroxyl groups excluding tert-OH is 2. The Kier molecular flexibility index (Phi) is 9.30. The summed E-state index contributed by atoms with van der Waals surface area (Å²) in [5.74, 6) is -0.724. The lowest BCUT2D eigenvalue weighted by Crippen LogP contribution is -2.77. The molecule has 0 heterocycles. The van der Waals surface area contributed by atoms with Crippen LogP contribution in [0.3, 0.4) is 0 Å². The molecule has 0 aliphatic carbocycles. The predicted octanol–water partition coefficient (Wildman–Crippen LogP) is 3.07. The maximum Gasteiger partial charge on any atom is 0.172 e. The quantitative estimate of drug-likeness (QED) is 0.178. The van der Waals surface area contributed by atoms with E-state index in [0.717, 1.165) is 0 Å². The van der Waals surface area contributed by atoms with Gasteiger partial charge in [-0.05, 0) is 22.3 Å². The molecule has 0 unspecified atom stereocenters. The zero-order valence-corrected chi connectivity index (χ0v) is 22.3. The van der Waals surface area contributed by atoms with E-state index in [1.165, 1.54) is 0 Å². The van der Waals surface area contributed by atoms with Gasteiger partial charge >= 0.3 is 0 Å². The fourth-order valence-corrected chi connectivity index (χ4v) is 5.44. The molecule has 6 nitrogen and oxygen atoms in total. The van der Waals surface area contributed by atoms with Gasteiger partial charge in [-0.2, -0.15) is 0 Å². The average Bonchev–Trinajstić information content (AvgIpc) is 2.98. The Morgan fingerprint density at radius 2 is 0.950 bits per heavy atom. The Balaban J connectivity index is 1.94. The Morgan fingerprint density at radius 3 is 1.38 bits per heavy atom. The van der Waals surface area contributed by atoms with Gasteiger partial charge in [-0.1, -0.05) is 121 Å². The van der Waals surface area contributed by atoms with Crippen molar-refractivity contribution in [3.63, 3.8) is 0 Å². The van der Waals surface area contributed by atoms with Gasteiger partial charge in [-0.15, -0.1) is 0 Å². The first-order chi connectivity index (χ1) is 19.2. The molecule has 0 aliphatic rings. The molecule has 208 valence electrons. The zero-order chi connectivity index (χ0) is 28.6. The van der Waals surface area contributed by atoms with Crippen molar-refractivity contribution in [3.05, 3.63) is 144 Å². The smallest absolute Gasteiger partial charge is 0.172 e. The summed E-state index contributed by atoms with van der Waals surface area (Å²) in [6, 6.07) is 35.0. The minimum absolute atomic E-state index is 0.224. The van der Waals surface area contributed by atoms with Gasteiger partial charge in [0.05, 0.1) is 6.61 Å². The van der Waals surface area contributed by atoms with Crippen molar-refractivity contribution in [2.45, 2.75) is 48.6 Å². The van der Waals surface area contributed by atoms with Crippen LogP contribution >= 0.6 is 0 Å². The van der Waals surface area contributed by atoms with Crippen LogP contribution in [0, 0.1) is 0 Å². The number of hydrogen-bond donors (Lipinski definition) is 5. The van der Waals surface area contributed by atoms with Crippen molar-refractivity contribution in [1.29, 1.82) is 0 Å². The lowest BCUT2D eigenvalue weighted by atomic mass is 9.60. The normalized spacial score (nSPS) is 16.7. The molecule has 4 atom stereocenters. The SMILES string of the molecule is O=C(Cc1ccccc1)[C@](O)(Cc1ccccc1)[C@@](O)(Cc1ccccc1)[C@](O)(Cc1ccccc1)[C@@H](O)CO. The van der Waals surface area contributed by atoms with Gasteiger partial charge in [-0.25, -0.2) is 0 Å². The molecule has 5 N–H and O–H groups in total. The number of carbonyl (C=O) groups excluding carboxylic acids is 1. The van der Waals surface area contributed by atoms with Crippen LogP contribution in [-0.2, 0) is 30.5 Å². The molecular formula is C34H36O6. The third kappa shape index (κ3) is 6.07. The zero-order valence-electron chi connectivity index (χ0n) is 22.3. The molecule has 6 heteroatoms. The Labute approximate surface area is 234 Å². The summed E-state index contributed by atoms with van der Waals surface area (Å²) in [5.41, 5.74) is -5.54. The Bertz CT molecular complexity index is 1350. The highest BCUT2D eigenvalue weighted by Gasteiger charge is 2.66. The lowest BCUT2D eigenvalue weighted by Gasteiger charge is -2.53. The Morgan fingerprint density at radius 1 is 0.575 bits per heavy atom. The number of ketones is 1. The lowest BCUT2D eigenvalue weighted by molar-refractivity contribution is -0.269. The summed E-state index contributed by atoms with van der Waals surface area (Å²) in [6.07, 6.45) is -3.17. The van der Waals surface area contributed by atoms with E-state index in [9.17, 15) is 30.3 Å². The Hall–Kier alpha value is -3.65. The molecule has 0 radical (unpaired) electrons. The summed E-state index contributed by atoms with van der Waals surface area (Å²) in [6.45, 7) is -0.908. The second-order valence-electron chi connectivity index (χ2n) is 10.4. The highest BCUT2D eigenvalue weighted by molar-refractivity contribution is 5.91. The highest BCUT2D eigenvalue weighted by atomic mass is 16.4. The van der Waals surface area contributed by atoms with Crippen LogP contribution in [0.2, 0.25) is 0 Å². The van der Waals surface area contributed by atoms with Gasteiger partial charge < -0.3 is 25.5 Å².